The Morgan fingerprint density at radius 3 is 1.82 bits per heavy atom. The van der Waals surface area contributed by atoms with Crippen LogP contribution in [0.1, 0.15) is 0 Å². The lowest BCUT2D eigenvalue weighted by molar-refractivity contribution is -0.384. The lowest BCUT2D eigenvalue weighted by atomic mass is 10.3. The van der Waals surface area contributed by atoms with E-state index in [1.54, 1.807) is 0 Å². The van der Waals surface area contributed by atoms with Crippen molar-refractivity contribution in [3.8, 4) is 11.5 Å². The Kier molecular flexibility index (Phi) is 4.43. The number of nitro groups is 1. The molecule has 0 bridgehead atoms. The van der Waals surface area contributed by atoms with Crippen LogP contribution in [0.2, 0.25) is 0 Å². The van der Waals surface area contributed by atoms with Gasteiger partial charge in [-0.25, -0.2) is 12.7 Å². The number of nitro benzene ring substituents is 1. The fourth-order valence-corrected chi connectivity index (χ4v) is 2.56. The SMILES string of the molecule is CN(C)S(=O)(=O)c1ccc(Oc2ccc([N+](=O)[O-])cc2)cc1. The van der Waals surface area contributed by atoms with E-state index >= 15 is 0 Å². The predicted octanol–water partition coefficient (Wildman–Crippen LogP) is 2.64. The minimum atomic E-state index is -3.48. The third-order valence-electron chi connectivity index (χ3n) is 2.89. The number of benzene rings is 2. The summed E-state index contributed by atoms with van der Waals surface area (Å²) in [6.45, 7) is 0. The summed E-state index contributed by atoms with van der Waals surface area (Å²) >= 11 is 0. The van der Waals surface area contributed by atoms with Gasteiger partial charge in [-0.1, -0.05) is 0 Å². The van der Waals surface area contributed by atoms with Crippen molar-refractivity contribution in [3.05, 3.63) is 58.6 Å². The highest BCUT2D eigenvalue weighted by Gasteiger charge is 2.16. The Morgan fingerprint density at radius 2 is 1.41 bits per heavy atom. The van der Waals surface area contributed by atoms with Gasteiger partial charge in [0.05, 0.1) is 9.82 Å². The second-order valence-electron chi connectivity index (χ2n) is 4.61. The topological polar surface area (TPSA) is 89.8 Å². The van der Waals surface area contributed by atoms with Gasteiger partial charge in [-0.3, -0.25) is 10.1 Å². The predicted molar refractivity (Wildman–Crippen MR) is 80.5 cm³/mol. The number of hydrogen-bond acceptors (Lipinski definition) is 5. The number of sulfonamides is 1. The standard InChI is InChI=1S/C14H14N2O5S/c1-15(2)22(19,20)14-9-7-13(8-10-14)21-12-5-3-11(4-6-12)16(17)18/h3-10H,1-2H3. The molecule has 0 amide bonds. The minimum absolute atomic E-state index is 0.0280. The molecule has 0 aliphatic heterocycles. The van der Waals surface area contributed by atoms with Crippen molar-refractivity contribution in [2.45, 2.75) is 4.90 Å². The zero-order valence-corrected chi connectivity index (χ0v) is 12.8. The van der Waals surface area contributed by atoms with Gasteiger partial charge in [0.1, 0.15) is 11.5 Å². The first-order valence-corrected chi connectivity index (χ1v) is 7.69. The highest BCUT2D eigenvalue weighted by atomic mass is 32.2. The summed E-state index contributed by atoms with van der Waals surface area (Å²) in [5.74, 6) is 0.861. The molecule has 0 atom stereocenters. The second-order valence-corrected chi connectivity index (χ2v) is 6.76. The molecule has 8 heteroatoms. The van der Waals surface area contributed by atoms with E-state index in [1.165, 1.54) is 62.6 Å². The van der Waals surface area contributed by atoms with E-state index in [4.69, 9.17) is 4.74 Å². The van der Waals surface area contributed by atoms with Crippen LogP contribution in [0.3, 0.4) is 0 Å². The number of ether oxygens (including phenoxy) is 1. The van der Waals surface area contributed by atoms with Crippen LogP contribution in [0.25, 0.3) is 0 Å². The smallest absolute Gasteiger partial charge is 0.269 e. The molecule has 22 heavy (non-hydrogen) atoms. The van der Waals surface area contributed by atoms with Gasteiger partial charge >= 0.3 is 0 Å². The van der Waals surface area contributed by atoms with Crippen LogP contribution in [-0.4, -0.2) is 31.7 Å². The normalized spacial score (nSPS) is 11.4. The third kappa shape index (κ3) is 3.41. The minimum Gasteiger partial charge on any atom is -0.457 e. The van der Waals surface area contributed by atoms with Crippen molar-refractivity contribution in [2.75, 3.05) is 14.1 Å². The van der Waals surface area contributed by atoms with Gasteiger partial charge in [0, 0.05) is 26.2 Å². The average molecular weight is 322 g/mol. The van der Waals surface area contributed by atoms with E-state index in [2.05, 4.69) is 0 Å². The molecule has 0 saturated heterocycles. The van der Waals surface area contributed by atoms with Gasteiger partial charge in [-0.2, -0.15) is 0 Å². The van der Waals surface area contributed by atoms with E-state index in [1.807, 2.05) is 0 Å². The van der Waals surface area contributed by atoms with Gasteiger partial charge in [0.15, 0.2) is 0 Å². The zero-order chi connectivity index (χ0) is 16.3. The maximum atomic E-state index is 11.9. The molecule has 0 aromatic heterocycles. The van der Waals surface area contributed by atoms with Crippen molar-refractivity contribution in [1.82, 2.24) is 4.31 Å². The Balaban J connectivity index is 2.16. The third-order valence-corrected chi connectivity index (χ3v) is 4.71. The van der Waals surface area contributed by atoms with Crippen LogP contribution in [0.5, 0.6) is 11.5 Å². The van der Waals surface area contributed by atoms with Crippen LogP contribution in [-0.2, 0) is 10.0 Å². The average Bonchev–Trinajstić information content (AvgIpc) is 2.48. The first kappa shape index (κ1) is 15.9. The van der Waals surface area contributed by atoms with E-state index in [0.717, 1.165) is 4.31 Å². The Morgan fingerprint density at radius 1 is 0.955 bits per heavy atom. The lowest BCUT2D eigenvalue weighted by Crippen LogP contribution is -2.22. The summed E-state index contributed by atoms with van der Waals surface area (Å²) in [6.07, 6.45) is 0. The maximum Gasteiger partial charge on any atom is 0.269 e. The van der Waals surface area contributed by atoms with Crippen LogP contribution in [0, 0.1) is 10.1 Å². The molecule has 7 nitrogen and oxygen atoms in total. The van der Waals surface area contributed by atoms with Crippen LogP contribution < -0.4 is 4.74 Å². The first-order chi connectivity index (χ1) is 10.3. The highest BCUT2D eigenvalue weighted by molar-refractivity contribution is 7.89. The van der Waals surface area contributed by atoms with E-state index in [-0.39, 0.29) is 10.6 Å². The van der Waals surface area contributed by atoms with Gasteiger partial charge < -0.3 is 4.74 Å². The Hall–Kier alpha value is -2.45. The van der Waals surface area contributed by atoms with E-state index in [0.29, 0.717) is 11.5 Å². The second kappa shape index (κ2) is 6.12. The summed E-state index contributed by atoms with van der Waals surface area (Å²) in [4.78, 5) is 10.2. The maximum absolute atomic E-state index is 11.9. The summed E-state index contributed by atoms with van der Waals surface area (Å²) in [5.41, 5.74) is -0.0280. The number of non-ortho nitro benzene ring substituents is 1. The molecule has 0 saturated carbocycles. The fourth-order valence-electron chi connectivity index (χ4n) is 1.66. The lowest BCUT2D eigenvalue weighted by Gasteiger charge is -2.12. The largest absolute Gasteiger partial charge is 0.457 e. The Bertz CT molecular complexity index is 768. The molecular formula is C14H14N2O5S. The molecule has 0 unspecified atom stereocenters. The summed E-state index contributed by atoms with van der Waals surface area (Å²) in [7, 11) is -0.569. The molecule has 2 aromatic rings. The Labute approximate surface area is 128 Å². The molecule has 0 fully saturated rings. The molecule has 0 spiro atoms. The van der Waals surface area contributed by atoms with Gasteiger partial charge in [0.25, 0.3) is 5.69 Å². The molecule has 0 N–H and O–H groups in total. The molecule has 2 aromatic carbocycles. The molecule has 0 aliphatic rings. The van der Waals surface area contributed by atoms with Crippen LogP contribution in [0.15, 0.2) is 53.4 Å². The summed E-state index contributed by atoms with van der Waals surface area (Å²) in [6, 6.07) is 11.5. The number of nitrogens with zero attached hydrogens (tertiary/aromatic N) is 2. The number of hydrogen-bond donors (Lipinski definition) is 0. The van der Waals surface area contributed by atoms with Crippen LogP contribution in [0.4, 0.5) is 5.69 Å². The van der Waals surface area contributed by atoms with Crippen molar-refractivity contribution in [2.24, 2.45) is 0 Å². The fraction of sp³-hybridized carbons (Fsp3) is 0.143. The number of rotatable bonds is 5. The van der Waals surface area contributed by atoms with Crippen LogP contribution >= 0.6 is 0 Å². The molecule has 116 valence electrons. The zero-order valence-electron chi connectivity index (χ0n) is 12.0. The molecule has 0 heterocycles. The summed E-state index contributed by atoms with van der Waals surface area (Å²) < 4.78 is 30.5. The first-order valence-electron chi connectivity index (χ1n) is 6.25. The van der Waals surface area contributed by atoms with E-state index in [9.17, 15) is 18.5 Å². The quantitative estimate of drug-likeness (QED) is 0.623. The van der Waals surface area contributed by atoms with E-state index < -0.39 is 14.9 Å². The highest BCUT2D eigenvalue weighted by Crippen LogP contribution is 2.25. The van der Waals surface area contributed by atoms with Gasteiger partial charge in [-0.15, -0.1) is 0 Å². The van der Waals surface area contributed by atoms with Crippen molar-refractivity contribution in [3.63, 3.8) is 0 Å². The van der Waals surface area contributed by atoms with Gasteiger partial charge in [-0.05, 0) is 36.4 Å². The molecule has 2 rings (SSSR count). The summed E-state index contributed by atoms with van der Waals surface area (Å²) in [5, 5.41) is 10.6. The molecule has 0 radical (unpaired) electrons. The van der Waals surface area contributed by atoms with Gasteiger partial charge in [0.2, 0.25) is 10.0 Å². The molecule has 0 aliphatic carbocycles. The van der Waals surface area contributed by atoms with Crippen molar-refractivity contribution in [1.29, 1.82) is 0 Å². The molecular weight excluding hydrogens is 308 g/mol. The monoisotopic (exact) mass is 322 g/mol. The van der Waals surface area contributed by atoms with Crippen molar-refractivity contribution >= 4 is 15.7 Å². The van der Waals surface area contributed by atoms with Crippen molar-refractivity contribution < 1.29 is 18.1 Å².